The van der Waals surface area contributed by atoms with Crippen molar-refractivity contribution in [2.45, 2.75) is 0 Å². The summed E-state index contributed by atoms with van der Waals surface area (Å²) in [4.78, 5) is -1.31. The average Bonchev–Trinajstić information content (AvgIpc) is 1.35. The predicted octanol–water partition coefficient (Wildman–Crippen LogP) is -1.38. The van der Waals surface area contributed by atoms with E-state index in [1.807, 2.05) is 0 Å². The van der Waals surface area contributed by atoms with Gasteiger partial charge in [0, 0.05) is 8.55 Å². The average molecular weight is 265 g/mol. The minimum atomic E-state index is -1.31. The third kappa shape index (κ3) is 5.57. The standard InChI is InChI=1S/Br2H7NSi3/c1-6(2,3)5-4/h3,5H2,4H3. The summed E-state index contributed by atoms with van der Waals surface area (Å²) in [7, 11) is 1.47. The van der Waals surface area contributed by atoms with Crippen molar-refractivity contribution in [1.29, 1.82) is 0 Å². The van der Waals surface area contributed by atoms with Gasteiger partial charge in [-0.2, -0.15) is 0 Å². The Morgan fingerprint density at radius 1 is 1.67 bits per heavy atom. The van der Waals surface area contributed by atoms with E-state index in [-0.39, 0.29) is 8.55 Å². The van der Waals surface area contributed by atoms with Crippen LogP contribution in [-0.4, -0.2) is 23.3 Å². The zero-order valence-corrected chi connectivity index (χ0v) is 11.1. The molecule has 0 saturated carbocycles. The van der Waals surface area contributed by atoms with Gasteiger partial charge < -0.3 is 5.40 Å². The molecule has 0 radical (unpaired) electrons. The Morgan fingerprint density at radius 3 is 1.83 bits per heavy atom. The van der Waals surface area contributed by atoms with Crippen LogP contribution in [0.1, 0.15) is 0 Å². The largest absolute Gasteiger partial charge is 0.337 e. The van der Waals surface area contributed by atoms with Crippen LogP contribution in [0.2, 0.25) is 0 Å². The molecule has 0 bridgehead atoms. The molecule has 0 aliphatic heterocycles. The van der Waals surface area contributed by atoms with E-state index in [0.29, 0.717) is 0 Å². The lowest BCUT2D eigenvalue weighted by molar-refractivity contribution is 1.95. The second-order valence-electron chi connectivity index (χ2n) is 1.11. The Balaban J connectivity index is 3.17. The summed E-state index contributed by atoms with van der Waals surface area (Å²) in [6.45, 7) is 0. The van der Waals surface area contributed by atoms with Crippen LogP contribution in [0.4, 0.5) is 0 Å². The van der Waals surface area contributed by atoms with Gasteiger partial charge >= 0.3 is 0 Å². The molecule has 6 heteroatoms. The minimum Gasteiger partial charge on any atom is -0.337 e. The van der Waals surface area contributed by atoms with Gasteiger partial charge in [0.05, 0.1) is 0 Å². The first kappa shape index (κ1) is 7.57. The summed E-state index contributed by atoms with van der Waals surface area (Å²) in [6, 6.07) is 0. The summed E-state index contributed by atoms with van der Waals surface area (Å²) >= 11 is 6.81. The molecule has 6 heavy (non-hydrogen) atoms. The van der Waals surface area contributed by atoms with Crippen LogP contribution in [-0.2, 0) is 0 Å². The molecule has 1 nitrogen and oxygen atoms in total. The Hall–Kier alpha value is 1.57. The molecule has 0 saturated heterocycles. The van der Waals surface area contributed by atoms with Crippen molar-refractivity contribution in [2.24, 2.45) is 5.40 Å². The highest BCUT2D eigenvalue weighted by molar-refractivity contribution is 9.53. The Bertz CT molecular complexity index is 38.5. The minimum absolute atomic E-state index is 0.141. The van der Waals surface area contributed by atoms with Crippen LogP contribution in [0.15, 0.2) is 0 Å². The molecular formula is H7Br2NSi3. The first-order valence-electron chi connectivity index (χ1n) is 1.73. The third-order valence-corrected chi connectivity index (χ3v) is 43.0. The van der Waals surface area contributed by atoms with Crippen molar-refractivity contribution in [3.05, 3.63) is 0 Å². The van der Waals surface area contributed by atoms with E-state index in [2.05, 4.69) is 30.6 Å². The van der Waals surface area contributed by atoms with Crippen molar-refractivity contribution >= 4 is 53.9 Å². The molecule has 2 N–H and O–H groups in total. The zero-order valence-electron chi connectivity index (χ0n) is 3.54. The Kier molecular flexibility index (Phi) is 3.50. The van der Waals surface area contributed by atoms with Gasteiger partial charge in [-0.25, -0.2) is 0 Å². The van der Waals surface area contributed by atoms with Crippen LogP contribution in [0, 0.1) is 0 Å². The number of nitrogens with two attached hydrogens (primary N) is 1. The van der Waals surface area contributed by atoms with Crippen molar-refractivity contribution in [2.75, 3.05) is 0 Å². The Morgan fingerprint density at radius 2 is 1.83 bits per heavy atom. The van der Waals surface area contributed by atoms with Gasteiger partial charge in [-0.3, -0.25) is 0 Å². The van der Waals surface area contributed by atoms with Gasteiger partial charge in [-0.15, -0.1) is 0 Å². The molecule has 0 amide bonds. The van der Waals surface area contributed by atoms with Crippen LogP contribution >= 0.6 is 30.6 Å². The van der Waals surface area contributed by atoms with E-state index in [9.17, 15) is 0 Å². The monoisotopic (exact) mass is 263 g/mol. The lowest BCUT2D eigenvalue weighted by Crippen LogP contribution is -2.39. The molecule has 0 aromatic carbocycles. The zero-order chi connectivity index (χ0) is 5.21. The first-order valence-corrected chi connectivity index (χ1v) is 16.3. The molecule has 0 fully saturated rings. The molecular weight excluding hydrogens is 258 g/mol. The number of rotatable bonds is 1. The third-order valence-electron chi connectivity index (χ3n) is 0.471. The maximum absolute atomic E-state index is 5.60. The summed E-state index contributed by atoms with van der Waals surface area (Å²) in [5, 5.41) is 5.60. The fourth-order valence-corrected chi connectivity index (χ4v) is 0. The lowest BCUT2D eigenvalue weighted by atomic mass is 13.9. The van der Waals surface area contributed by atoms with Gasteiger partial charge in [0.15, 0.2) is 0 Å². The van der Waals surface area contributed by atoms with Gasteiger partial charge in [0.2, 0.25) is 4.99 Å². The summed E-state index contributed by atoms with van der Waals surface area (Å²) in [5.74, 6) is 0. The number of hydrogen-bond acceptors (Lipinski definition) is 1. The normalized spacial score (nSPS) is 14.5. The molecule has 38 valence electrons. The topological polar surface area (TPSA) is 26.0 Å². The summed E-state index contributed by atoms with van der Waals surface area (Å²) in [6.07, 6.45) is 0. The van der Waals surface area contributed by atoms with Gasteiger partial charge in [-0.05, 0) is 9.76 Å². The van der Waals surface area contributed by atoms with E-state index >= 15 is 0 Å². The number of halogens is 2. The highest BCUT2D eigenvalue weighted by Crippen LogP contribution is 2.07. The van der Waals surface area contributed by atoms with Crippen LogP contribution in [0.3, 0.4) is 0 Å². The van der Waals surface area contributed by atoms with Crippen molar-refractivity contribution in [3.8, 4) is 0 Å². The van der Waals surface area contributed by atoms with Crippen molar-refractivity contribution in [3.63, 3.8) is 0 Å². The predicted molar refractivity (Wildman–Crippen MR) is 46.3 cm³/mol. The summed E-state index contributed by atoms with van der Waals surface area (Å²) in [5.41, 5.74) is 0. The van der Waals surface area contributed by atoms with E-state index in [1.54, 1.807) is 0 Å². The van der Waals surface area contributed by atoms with Gasteiger partial charge in [-0.1, -0.05) is 30.6 Å². The van der Waals surface area contributed by atoms with Crippen molar-refractivity contribution < 1.29 is 0 Å². The maximum Gasteiger partial charge on any atom is 0.242 e. The van der Waals surface area contributed by atoms with Crippen molar-refractivity contribution in [1.82, 2.24) is 0 Å². The summed E-state index contributed by atoms with van der Waals surface area (Å²) < 4.78 is 0. The van der Waals surface area contributed by atoms with Crippen LogP contribution in [0.5, 0.6) is 0 Å². The molecule has 0 rings (SSSR count). The molecule has 0 aliphatic rings. The highest BCUT2D eigenvalue weighted by Gasteiger charge is 2.15. The molecule has 0 atom stereocenters. The number of hydrogen-bond donors (Lipinski definition) is 1. The van der Waals surface area contributed by atoms with Gasteiger partial charge in [0.1, 0.15) is 0 Å². The van der Waals surface area contributed by atoms with E-state index in [1.165, 1.54) is 9.76 Å². The molecule has 0 spiro atoms. The maximum atomic E-state index is 5.60. The molecule has 0 unspecified atom stereocenters. The second kappa shape index (κ2) is 2.78. The molecule has 0 aromatic heterocycles. The smallest absolute Gasteiger partial charge is 0.242 e. The van der Waals surface area contributed by atoms with Gasteiger partial charge in [0.25, 0.3) is 0 Å². The molecule has 0 heterocycles. The quantitative estimate of drug-likeness (QED) is 0.459. The Labute approximate surface area is 59.1 Å². The fraction of sp³-hybridized carbons (Fsp3) is 0. The van der Waals surface area contributed by atoms with E-state index in [0.717, 1.165) is 0 Å². The highest BCUT2D eigenvalue weighted by atomic mass is 79.9. The van der Waals surface area contributed by atoms with Crippen LogP contribution < -0.4 is 5.40 Å². The fourth-order valence-electron chi connectivity index (χ4n) is 0. The molecule has 0 aromatic rings. The second-order valence-corrected chi connectivity index (χ2v) is 33.1. The van der Waals surface area contributed by atoms with Crippen LogP contribution in [0.25, 0.3) is 0 Å². The molecule has 0 aliphatic carbocycles. The van der Waals surface area contributed by atoms with E-state index in [4.69, 9.17) is 5.40 Å². The first-order chi connectivity index (χ1) is 2.56. The lowest BCUT2D eigenvalue weighted by Gasteiger charge is -2.02. The SMILES string of the molecule is N[Si](Br)(Br)[SiH2][SiH3]. The van der Waals surface area contributed by atoms with E-state index < -0.39 is 4.99 Å².